The number of nitrogens with one attached hydrogen (secondary N) is 2. The molecule has 1 amide bonds. The predicted octanol–water partition coefficient (Wildman–Crippen LogP) is 1.44. The monoisotopic (exact) mass is 405 g/mol. The van der Waals surface area contributed by atoms with Crippen LogP contribution >= 0.6 is 0 Å². The van der Waals surface area contributed by atoms with Crippen LogP contribution in [0, 0.1) is 0 Å². The molecule has 1 aliphatic rings. The minimum absolute atomic E-state index is 0.0280. The van der Waals surface area contributed by atoms with Crippen LogP contribution < -0.4 is 15.4 Å². The van der Waals surface area contributed by atoms with Gasteiger partial charge in [0.1, 0.15) is 11.4 Å². The van der Waals surface area contributed by atoms with E-state index < -0.39 is 0 Å². The summed E-state index contributed by atoms with van der Waals surface area (Å²) < 4.78 is 9.08. The second kappa shape index (κ2) is 7.78. The van der Waals surface area contributed by atoms with Crippen molar-refractivity contribution in [1.29, 1.82) is 0 Å². The van der Waals surface area contributed by atoms with Crippen LogP contribution in [0.4, 0.5) is 11.6 Å². The first kappa shape index (κ1) is 18.0. The summed E-state index contributed by atoms with van der Waals surface area (Å²) in [4.78, 5) is 21.0. The molecule has 0 spiro atoms. The number of hydrogen-bond acceptors (Lipinski definition) is 8. The van der Waals surface area contributed by atoms with Crippen LogP contribution in [0.1, 0.15) is 12.8 Å². The molecule has 1 aromatic carbocycles. The molecule has 0 unspecified atom stereocenters. The van der Waals surface area contributed by atoms with Crippen molar-refractivity contribution >= 4 is 28.7 Å². The average molecular weight is 405 g/mol. The van der Waals surface area contributed by atoms with Gasteiger partial charge in [0, 0.05) is 31.3 Å². The van der Waals surface area contributed by atoms with Gasteiger partial charge in [0.2, 0.25) is 11.9 Å². The smallest absolute Gasteiger partial charge is 0.229 e. The molecular weight excluding hydrogens is 386 g/mol. The van der Waals surface area contributed by atoms with Crippen LogP contribution in [0.5, 0.6) is 5.75 Å². The maximum atomic E-state index is 12.1. The highest BCUT2D eigenvalue weighted by atomic mass is 16.5. The zero-order valence-corrected chi connectivity index (χ0v) is 16.0. The van der Waals surface area contributed by atoms with E-state index in [4.69, 9.17) is 4.74 Å². The zero-order valence-electron chi connectivity index (χ0n) is 16.0. The van der Waals surface area contributed by atoms with Gasteiger partial charge in [-0.05, 0) is 18.6 Å². The van der Waals surface area contributed by atoms with Crippen LogP contribution in [-0.2, 0) is 11.3 Å². The van der Waals surface area contributed by atoms with E-state index >= 15 is 0 Å². The third-order valence-corrected chi connectivity index (χ3v) is 4.63. The number of nitrogens with zero attached hydrogens (tertiary/aromatic N) is 7. The second-order valence-electron chi connectivity index (χ2n) is 6.82. The molecule has 152 valence electrons. The Morgan fingerprint density at radius 3 is 3.13 bits per heavy atom. The summed E-state index contributed by atoms with van der Waals surface area (Å²) in [7, 11) is 0. The van der Waals surface area contributed by atoms with Crippen LogP contribution in [0.15, 0.2) is 42.9 Å². The fourth-order valence-electron chi connectivity index (χ4n) is 3.13. The summed E-state index contributed by atoms with van der Waals surface area (Å²) in [5, 5.41) is 18.7. The molecule has 0 radical (unpaired) electrons. The van der Waals surface area contributed by atoms with Gasteiger partial charge >= 0.3 is 0 Å². The van der Waals surface area contributed by atoms with Gasteiger partial charge in [-0.1, -0.05) is 11.3 Å². The largest absolute Gasteiger partial charge is 0.493 e. The van der Waals surface area contributed by atoms with E-state index in [9.17, 15) is 4.79 Å². The maximum Gasteiger partial charge on any atom is 0.229 e. The number of aryl methyl sites for hydroxylation is 1. The Kier molecular flexibility index (Phi) is 4.68. The number of amides is 1. The molecular formula is C19H19N9O2. The molecule has 3 aromatic heterocycles. The quantitative estimate of drug-likeness (QED) is 0.450. The van der Waals surface area contributed by atoms with Crippen molar-refractivity contribution in [3.63, 3.8) is 0 Å². The van der Waals surface area contributed by atoms with Gasteiger partial charge in [-0.2, -0.15) is 14.8 Å². The first-order chi connectivity index (χ1) is 14.7. The molecule has 11 heteroatoms. The van der Waals surface area contributed by atoms with Gasteiger partial charge in [0.25, 0.3) is 0 Å². The van der Waals surface area contributed by atoms with Gasteiger partial charge in [0.05, 0.1) is 25.2 Å². The number of benzene rings is 1. The number of carbonyl (C=O) groups excluding carboxylic acids is 1. The molecule has 4 aromatic rings. The normalized spacial score (nSPS) is 14.9. The van der Waals surface area contributed by atoms with Crippen molar-refractivity contribution < 1.29 is 9.53 Å². The van der Waals surface area contributed by atoms with Crippen molar-refractivity contribution in [3.05, 3.63) is 42.9 Å². The highest BCUT2D eigenvalue weighted by Gasteiger charge is 2.13. The molecule has 0 saturated heterocycles. The fourth-order valence-corrected chi connectivity index (χ4v) is 3.13. The lowest BCUT2D eigenvalue weighted by molar-refractivity contribution is -0.121. The van der Waals surface area contributed by atoms with Crippen molar-refractivity contribution in [3.8, 4) is 11.4 Å². The highest BCUT2D eigenvalue weighted by Crippen LogP contribution is 2.21. The summed E-state index contributed by atoms with van der Waals surface area (Å²) >= 11 is 0. The lowest BCUT2D eigenvalue weighted by Crippen LogP contribution is -2.26. The van der Waals surface area contributed by atoms with E-state index in [0.717, 1.165) is 11.4 Å². The number of ether oxygens (including phenoxy) is 1. The fraction of sp³-hybridized carbons (Fsp3) is 0.263. The van der Waals surface area contributed by atoms with Gasteiger partial charge in [0.15, 0.2) is 11.2 Å². The molecule has 6 bridgehead atoms. The van der Waals surface area contributed by atoms with Crippen molar-refractivity contribution in [2.45, 2.75) is 19.4 Å². The maximum absolute atomic E-state index is 12.1. The highest BCUT2D eigenvalue weighted by molar-refractivity contribution is 5.75. The first-order valence-corrected chi connectivity index (χ1v) is 9.62. The number of hydrogen-bond donors (Lipinski definition) is 2. The van der Waals surface area contributed by atoms with Crippen LogP contribution in [0.25, 0.3) is 16.9 Å². The molecule has 4 heterocycles. The van der Waals surface area contributed by atoms with Crippen molar-refractivity contribution in [1.82, 2.24) is 40.1 Å². The Bertz CT molecular complexity index is 1200. The number of fused-ring (bicyclic) bond motifs is 6. The van der Waals surface area contributed by atoms with Crippen LogP contribution in [-0.4, -0.2) is 53.8 Å². The van der Waals surface area contributed by atoms with E-state index in [2.05, 4.69) is 36.0 Å². The standard InChI is InChI=1S/C19H19N9O2/c29-17-5-7-27-12-14(10-22-27)28-18-16(25-26-28)11-21-19(24-18)23-13-3-1-4-15(9-13)30-8-2-6-20-17/h1,3-4,9-12H,2,5-8H2,(H,20,29)(H,21,23,24). The summed E-state index contributed by atoms with van der Waals surface area (Å²) in [6, 6.07) is 7.55. The van der Waals surface area contributed by atoms with Crippen LogP contribution in [0.3, 0.4) is 0 Å². The number of aromatic nitrogens is 7. The Morgan fingerprint density at radius 2 is 2.17 bits per heavy atom. The summed E-state index contributed by atoms with van der Waals surface area (Å²) in [5.74, 6) is 1.12. The Morgan fingerprint density at radius 1 is 1.20 bits per heavy atom. The Hall–Kier alpha value is -4.02. The molecule has 0 saturated carbocycles. The summed E-state index contributed by atoms with van der Waals surface area (Å²) in [6.07, 6.45) is 6.13. The van der Waals surface area contributed by atoms with Gasteiger partial charge < -0.3 is 15.4 Å². The molecule has 0 atom stereocenters. The van der Waals surface area contributed by atoms with E-state index in [0.29, 0.717) is 55.3 Å². The van der Waals surface area contributed by atoms with Crippen molar-refractivity contribution in [2.75, 3.05) is 18.5 Å². The topological polar surface area (TPSA) is 125 Å². The number of carbonyl (C=O) groups is 1. The van der Waals surface area contributed by atoms with Gasteiger partial charge in [-0.25, -0.2) is 4.98 Å². The summed E-state index contributed by atoms with van der Waals surface area (Å²) in [5.41, 5.74) is 2.62. The minimum atomic E-state index is -0.0280. The Balaban J connectivity index is 1.51. The van der Waals surface area contributed by atoms with E-state index in [1.54, 1.807) is 21.8 Å². The lowest BCUT2D eigenvalue weighted by atomic mass is 10.3. The molecule has 5 rings (SSSR count). The molecule has 1 aliphatic heterocycles. The molecule has 2 N–H and O–H groups in total. The number of rotatable bonds is 0. The third kappa shape index (κ3) is 3.77. The second-order valence-corrected chi connectivity index (χ2v) is 6.82. The first-order valence-electron chi connectivity index (χ1n) is 9.62. The molecule has 0 aliphatic carbocycles. The van der Waals surface area contributed by atoms with E-state index in [1.165, 1.54) is 0 Å². The molecule has 0 fully saturated rings. The van der Waals surface area contributed by atoms with E-state index in [1.807, 2.05) is 30.5 Å². The zero-order chi connectivity index (χ0) is 20.3. The lowest BCUT2D eigenvalue weighted by Gasteiger charge is -2.10. The number of anilines is 2. The van der Waals surface area contributed by atoms with E-state index in [-0.39, 0.29) is 5.91 Å². The predicted molar refractivity (Wildman–Crippen MR) is 108 cm³/mol. The minimum Gasteiger partial charge on any atom is -0.493 e. The van der Waals surface area contributed by atoms with Crippen LogP contribution in [0.2, 0.25) is 0 Å². The average Bonchev–Trinajstić information content (AvgIpc) is 3.38. The third-order valence-electron chi connectivity index (χ3n) is 4.63. The summed E-state index contributed by atoms with van der Waals surface area (Å²) in [6.45, 7) is 1.51. The Labute approximate surface area is 171 Å². The molecule has 11 nitrogen and oxygen atoms in total. The molecule has 30 heavy (non-hydrogen) atoms. The van der Waals surface area contributed by atoms with Gasteiger partial charge in [-0.15, -0.1) is 5.10 Å². The van der Waals surface area contributed by atoms with Crippen molar-refractivity contribution in [2.24, 2.45) is 0 Å². The van der Waals surface area contributed by atoms with Gasteiger partial charge in [-0.3, -0.25) is 9.48 Å². The SMILES string of the molecule is O=C1CCn2cc(cn2)-n2nnc3cnc(nc32)Nc2cccc(c2)OCCCN1.